The Morgan fingerprint density at radius 2 is 2.00 bits per heavy atom. The molecule has 23 heavy (non-hydrogen) atoms. The molecule has 0 spiro atoms. The summed E-state index contributed by atoms with van der Waals surface area (Å²) in [7, 11) is 0. The van der Waals surface area contributed by atoms with E-state index in [-0.39, 0.29) is 0 Å². The Morgan fingerprint density at radius 3 is 2.57 bits per heavy atom. The Kier molecular flexibility index (Phi) is 4.36. The van der Waals surface area contributed by atoms with Crippen molar-refractivity contribution in [2.24, 2.45) is 0 Å². The summed E-state index contributed by atoms with van der Waals surface area (Å²) in [5, 5.41) is 11.2. The predicted molar refractivity (Wildman–Crippen MR) is 79.9 cm³/mol. The number of benzene rings is 1. The summed E-state index contributed by atoms with van der Waals surface area (Å²) in [6, 6.07) is 8.27. The smallest absolute Gasteiger partial charge is 0.327 e. The maximum absolute atomic E-state index is 12.6. The largest absolute Gasteiger partial charge is 0.446 e. The zero-order chi connectivity index (χ0) is 17.2. The molecule has 0 aromatic heterocycles. The van der Waals surface area contributed by atoms with Crippen LogP contribution in [0.4, 0.5) is 4.79 Å². The van der Waals surface area contributed by atoms with Crippen molar-refractivity contribution >= 4 is 17.9 Å². The highest BCUT2D eigenvalue weighted by Crippen LogP contribution is 2.28. The maximum Gasteiger partial charge on any atom is 0.327 e. The molecular formula is C16H17N3O4. The number of carbonyl (C=O) groups excluding carboxylic acids is 3. The molecule has 0 radical (unpaired) electrons. The van der Waals surface area contributed by atoms with Gasteiger partial charge in [-0.2, -0.15) is 5.26 Å². The van der Waals surface area contributed by atoms with E-state index >= 15 is 0 Å². The standard InChI is InChI=1S/C16H17N3O4/c1-10-4-6-12(7-5-10)16(3)14(21)19(15(22)18-16)9-13(20)23-11(2)8-17/h4-7,11H,9H2,1-3H3,(H,18,22)/t11-,16-/m0/s1. The summed E-state index contributed by atoms with van der Waals surface area (Å²) in [6.07, 6.45) is -0.938. The van der Waals surface area contributed by atoms with E-state index in [1.54, 1.807) is 25.1 Å². The van der Waals surface area contributed by atoms with Crippen LogP contribution in [0.5, 0.6) is 0 Å². The zero-order valence-corrected chi connectivity index (χ0v) is 13.1. The van der Waals surface area contributed by atoms with Crippen molar-refractivity contribution in [2.45, 2.75) is 32.4 Å². The first-order valence-electron chi connectivity index (χ1n) is 7.08. The molecule has 1 aromatic rings. The van der Waals surface area contributed by atoms with Crippen molar-refractivity contribution in [1.29, 1.82) is 5.26 Å². The quantitative estimate of drug-likeness (QED) is 0.665. The summed E-state index contributed by atoms with van der Waals surface area (Å²) in [5.41, 5.74) is 0.425. The second-order valence-corrected chi connectivity index (χ2v) is 5.57. The van der Waals surface area contributed by atoms with E-state index in [2.05, 4.69) is 5.32 Å². The van der Waals surface area contributed by atoms with Crippen molar-refractivity contribution < 1.29 is 19.1 Å². The average molecular weight is 315 g/mol. The molecule has 0 saturated carbocycles. The molecule has 7 heteroatoms. The molecular weight excluding hydrogens is 298 g/mol. The van der Waals surface area contributed by atoms with Crippen LogP contribution in [0.25, 0.3) is 0 Å². The molecule has 2 rings (SSSR count). The third-order valence-electron chi connectivity index (χ3n) is 3.68. The highest BCUT2D eigenvalue weighted by atomic mass is 16.5. The lowest BCUT2D eigenvalue weighted by atomic mass is 9.91. The van der Waals surface area contributed by atoms with Crippen LogP contribution in [-0.4, -0.2) is 35.5 Å². The Labute approximate surface area is 133 Å². The van der Waals surface area contributed by atoms with E-state index in [0.29, 0.717) is 5.56 Å². The van der Waals surface area contributed by atoms with Crippen LogP contribution in [-0.2, 0) is 19.9 Å². The highest BCUT2D eigenvalue weighted by Gasteiger charge is 2.49. The SMILES string of the molecule is Cc1ccc([C@]2(C)NC(=O)N(CC(=O)O[C@@H](C)C#N)C2=O)cc1. The molecule has 3 amide bonds. The molecule has 2 atom stereocenters. The lowest BCUT2D eigenvalue weighted by molar-refractivity contribution is -0.149. The lowest BCUT2D eigenvalue weighted by Crippen LogP contribution is -2.41. The topological polar surface area (TPSA) is 99.5 Å². The van der Waals surface area contributed by atoms with Gasteiger partial charge in [-0.05, 0) is 26.3 Å². The molecule has 1 fully saturated rings. The van der Waals surface area contributed by atoms with Crippen molar-refractivity contribution in [3.8, 4) is 6.07 Å². The van der Waals surface area contributed by atoms with Crippen LogP contribution in [0.3, 0.4) is 0 Å². The van der Waals surface area contributed by atoms with Gasteiger partial charge in [-0.25, -0.2) is 4.79 Å². The number of nitriles is 1. The molecule has 1 aliphatic rings. The first-order chi connectivity index (χ1) is 10.8. The number of carbonyl (C=O) groups is 3. The number of aryl methyl sites for hydroxylation is 1. The van der Waals surface area contributed by atoms with Crippen molar-refractivity contribution in [2.75, 3.05) is 6.54 Å². The van der Waals surface area contributed by atoms with Gasteiger partial charge in [0.1, 0.15) is 18.2 Å². The van der Waals surface area contributed by atoms with Crippen molar-refractivity contribution in [3.63, 3.8) is 0 Å². The molecule has 1 N–H and O–H groups in total. The maximum atomic E-state index is 12.6. The molecule has 0 aliphatic carbocycles. The van der Waals surface area contributed by atoms with Gasteiger partial charge < -0.3 is 10.1 Å². The minimum absolute atomic E-state index is 0.530. The van der Waals surface area contributed by atoms with Crippen LogP contribution in [0.1, 0.15) is 25.0 Å². The number of nitrogens with one attached hydrogen (secondary N) is 1. The first kappa shape index (κ1) is 16.5. The van der Waals surface area contributed by atoms with E-state index in [4.69, 9.17) is 10.00 Å². The van der Waals surface area contributed by atoms with Gasteiger partial charge in [0.25, 0.3) is 5.91 Å². The van der Waals surface area contributed by atoms with Gasteiger partial charge in [0.15, 0.2) is 6.10 Å². The van der Waals surface area contributed by atoms with Crippen LogP contribution < -0.4 is 5.32 Å². The molecule has 120 valence electrons. The van der Waals surface area contributed by atoms with Gasteiger partial charge in [-0.3, -0.25) is 14.5 Å². The third kappa shape index (κ3) is 3.16. The highest BCUT2D eigenvalue weighted by molar-refractivity contribution is 6.08. The molecule has 0 unspecified atom stereocenters. The zero-order valence-electron chi connectivity index (χ0n) is 13.1. The number of amides is 3. The number of hydrogen-bond acceptors (Lipinski definition) is 5. The van der Waals surface area contributed by atoms with Gasteiger partial charge in [-0.1, -0.05) is 29.8 Å². The number of hydrogen-bond donors (Lipinski definition) is 1. The predicted octanol–water partition coefficient (Wildman–Crippen LogP) is 1.22. The van der Waals surface area contributed by atoms with E-state index in [9.17, 15) is 14.4 Å². The molecule has 1 saturated heterocycles. The molecule has 0 bridgehead atoms. The van der Waals surface area contributed by atoms with Crippen molar-refractivity contribution in [1.82, 2.24) is 10.2 Å². The Balaban J connectivity index is 2.18. The third-order valence-corrected chi connectivity index (χ3v) is 3.68. The Morgan fingerprint density at radius 1 is 1.39 bits per heavy atom. The number of rotatable bonds is 4. The van der Waals surface area contributed by atoms with Gasteiger partial charge in [-0.15, -0.1) is 0 Å². The van der Waals surface area contributed by atoms with Crippen LogP contribution >= 0.6 is 0 Å². The molecule has 1 aromatic carbocycles. The molecule has 1 aliphatic heterocycles. The Hall–Kier alpha value is -2.88. The average Bonchev–Trinajstić information content (AvgIpc) is 2.72. The number of esters is 1. The fraction of sp³-hybridized carbons (Fsp3) is 0.375. The second-order valence-electron chi connectivity index (χ2n) is 5.57. The van der Waals surface area contributed by atoms with E-state index in [0.717, 1.165) is 10.5 Å². The number of urea groups is 1. The number of ether oxygens (including phenoxy) is 1. The number of nitrogens with zero attached hydrogens (tertiary/aromatic N) is 2. The monoisotopic (exact) mass is 315 g/mol. The van der Waals surface area contributed by atoms with Crippen LogP contribution in [0, 0.1) is 18.3 Å². The molecule has 1 heterocycles. The van der Waals surface area contributed by atoms with E-state index in [1.165, 1.54) is 6.92 Å². The second kappa shape index (κ2) is 6.08. The molecule has 7 nitrogen and oxygen atoms in total. The van der Waals surface area contributed by atoms with Gasteiger partial charge >= 0.3 is 12.0 Å². The van der Waals surface area contributed by atoms with Gasteiger partial charge in [0.2, 0.25) is 0 Å². The lowest BCUT2D eigenvalue weighted by Gasteiger charge is -2.22. The van der Waals surface area contributed by atoms with Gasteiger partial charge in [0.05, 0.1) is 0 Å². The summed E-state index contributed by atoms with van der Waals surface area (Å²) >= 11 is 0. The summed E-state index contributed by atoms with van der Waals surface area (Å²) in [6.45, 7) is 4.37. The summed E-state index contributed by atoms with van der Waals surface area (Å²) in [5.74, 6) is -1.34. The van der Waals surface area contributed by atoms with Gasteiger partial charge in [0, 0.05) is 0 Å². The van der Waals surface area contributed by atoms with Crippen LogP contribution in [0.2, 0.25) is 0 Å². The summed E-state index contributed by atoms with van der Waals surface area (Å²) < 4.78 is 4.77. The number of imide groups is 1. The Bertz CT molecular complexity index is 692. The van der Waals surface area contributed by atoms with E-state index in [1.807, 2.05) is 19.1 Å². The summed E-state index contributed by atoms with van der Waals surface area (Å²) in [4.78, 5) is 37.1. The minimum Gasteiger partial charge on any atom is -0.446 e. The van der Waals surface area contributed by atoms with Crippen molar-refractivity contribution in [3.05, 3.63) is 35.4 Å². The fourth-order valence-corrected chi connectivity index (χ4v) is 2.31. The van der Waals surface area contributed by atoms with E-state index < -0.39 is 36.1 Å². The normalized spacial score (nSPS) is 21.6. The fourth-order valence-electron chi connectivity index (χ4n) is 2.31. The minimum atomic E-state index is -1.23. The first-order valence-corrected chi connectivity index (χ1v) is 7.08. The van der Waals surface area contributed by atoms with Crippen LogP contribution in [0.15, 0.2) is 24.3 Å².